The van der Waals surface area contributed by atoms with Crippen LogP contribution in [-0.4, -0.2) is 92.7 Å². The normalized spacial score (nSPS) is 18.5. The third kappa shape index (κ3) is 11.4. The van der Waals surface area contributed by atoms with Crippen LogP contribution in [0.4, 0.5) is 17.1 Å². The van der Waals surface area contributed by atoms with E-state index < -0.39 is 53.8 Å². The SMILES string of the molecule is CC1(C)\C(=C/C=C/C=C/C2N(CCOCCOCc3ccc([N+](=O)[O-])cc3)c3ccc(S(=O)(=O)O)cc3C2(C)C)N(CCCCCC(=O)ON2C(=O)CCC2=O)c2ccc(S(=O)(=O)O)cc21. The molecular formula is C46H54N4O14S2. The fraction of sp³-hybridized carbons (Fsp3) is 0.413. The Morgan fingerprint density at radius 1 is 0.788 bits per heavy atom. The Labute approximate surface area is 384 Å². The molecule has 2 N–H and O–H groups in total. The lowest BCUT2D eigenvalue weighted by Gasteiger charge is -2.32. The van der Waals surface area contributed by atoms with Crippen LogP contribution in [-0.2, 0) is 66.4 Å². The van der Waals surface area contributed by atoms with E-state index in [0.29, 0.717) is 49.6 Å². The molecule has 0 aliphatic carbocycles. The van der Waals surface area contributed by atoms with Crippen molar-refractivity contribution in [2.24, 2.45) is 0 Å². The van der Waals surface area contributed by atoms with Crippen molar-refractivity contribution >= 4 is 55.1 Å². The zero-order valence-electron chi connectivity index (χ0n) is 37.1. The van der Waals surface area contributed by atoms with Gasteiger partial charge < -0.3 is 24.1 Å². The molecule has 1 fully saturated rings. The number of unbranched alkanes of at least 4 members (excludes halogenated alkanes) is 2. The summed E-state index contributed by atoms with van der Waals surface area (Å²) in [7, 11) is -8.96. The van der Waals surface area contributed by atoms with Crippen molar-refractivity contribution < 1.29 is 59.6 Å². The smallest absolute Gasteiger partial charge is 0.333 e. The lowest BCUT2D eigenvalue weighted by molar-refractivity contribution is -0.384. The highest BCUT2D eigenvalue weighted by molar-refractivity contribution is 7.86. The van der Waals surface area contributed by atoms with Gasteiger partial charge in [-0.1, -0.05) is 58.4 Å². The van der Waals surface area contributed by atoms with Gasteiger partial charge in [0.05, 0.1) is 47.2 Å². The van der Waals surface area contributed by atoms with Crippen molar-refractivity contribution in [1.82, 2.24) is 5.06 Å². The van der Waals surface area contributed by atoms with Crippen LogP contribution in [0.5, 0.6) is 0 Å². The highest BCUT2D eigenvalue weighted by Crippen LogP contribution is 2.49. The first-order valence-electron chi connectivity index (χ1n) is 21.4. The van der Waals surface area contributed by atoms with E-state index in [2.05, 4.69) is 9.80 Å². The van der Waals surface area contributed by atoms with Crippen LogP contribution in [0.1, 0.15) is 82.9 Å². The third-order valence-electron chi connectivity index (χ3n) is 12.0. The molecule has 0 spiro atoms. The van der Waals surface area contributed by atoms with Crippen molar-refractivity contribution in [2.75, 3.05) is 42.7 Å². The van der Waals surface area contributed by atoms with Gasteiger partial charge in [-0.15, -0.1) is 5.06 Å². The predicted molar refractivity (Wildman–Crippen MR) is 243 cm³/mol. The lowest BCUT2D eigenvalue weighted by Crippen LogP contribution is -2.41. The number of nitrogens with zero attached hydrogens (tertiary/aromatic N) is 4. The molecule has 0 saturated carbocycles. The molecule has 66 heavy (non-hydrogen) atoms. The zero-order chi connectivity index (χ0) is 48.0. The summed E-state index contributed by atoms with van der Waals surface area (Å²) >= 11 is 0. The molecule has 0 bridgehead atoms. The summed E-state index contributed by atoms with van der Waals surface area (Å²) in [5.41, 5.74) is 3.27. The van der Waals surface area contributed by atoms with Gasteiger partial charge in [0.2, 0.25) is 0 Å². The minimum absolute atomic E-state index is 0.00280. The molecule has 0 aromatic heterocycles. The second kappa shape index (κ2) is 20.4. The number of carbonyl (C=O) groups excluding carboxylic acids is 3. The summed E-state index contributed by atoms with van der Waals surface area (Å²) < 4.78 is 79.9. The molecule has 1 atom stereocenters. The van der Waals surface area contributed by atoms with Crippen LogP contribution in [0.25, 0.3) is 0 Å². The predicted octanol–water partition coefficient (Wildman–Crippen LogP) is 6.75. The molecule has 2 amide bonds. The number of allylic oxidation sites excluding steroid dienone is 5. The van der Waals surface area contributed by atoms with Crippen molar-refractivity contribution in [3.63, 3.8) is 0 Å². The second-order valence-electron chi connectivity index (χ2n) is 17.2. The van der Waals surface area contributed by atoms with Gasteiger partial charge in [0.1, 0.15) is 0 Å². The number of anilines is 2. The van der Waals surface area contributed by atoms with Crippen LogP contribution < -0.4 is 9.80 Å². The summed E-state index contributed by atoms with van der Waals surface area (Å²) in [6, 6.07) is 14.8. The summed E-state index contributed by atoms with van der Waals surface area (Å²) in [4.78, 5) is 55.2. The number of rotatable bonds is 21. The maximum absolute atomic E-state index is 12.4. The molecule has 3 aliphatic heterocycles. The Bertz CT molecular complexity index is 2640. The number of carbonyl (C=O) groups is 3. The van der Waals surface area contributed by atoms with Crippen molar-refractivity contribution in [3.05, 3.63) is 124 Å². The minimum Gasteiger partial charge on any atom is -0.377 e. The zero-order valence-corrected chi connectivity index (χ0v) is 38.8. The fourth-order valence-electron chi connectivity index (χ4n) is 8.49. The number of hydrogen-bond donors (Lipinski definition) is 2. The standard InChI is InChI=1S/C46H54N4O14S2/c1-45(2)36-29-34(65(56,57)58)18-20-38(36)47(24-10-6-9-13-44(53)64-49-42(51)22-23-43(49)52)40(45)11-7-5-8-12-41-46(3,4)37-30-35(66(59,60)61)19-21-39(37)48(41)25-26-62-27-28-63-31-32-14-16-33(17-15-32)50(54)55/h5,7-8,11-12,14-21,29-30,41H,6,9-10,13,22-28,31H2,1-4H3,(H,56,57,58)(H,59,60,61)/b7-5+,12-8+,40-11+. The van der Waals surface area contributed by atoms with E-state index in [1.165, 1.54) is 36.4 Å². The van der Waals surface area contributed by atoms with E-state index in [9.17, 15) is 50.4 Å². The Morgan fingerprint density at radius 2 is 1.41 bits per heavy atom. The number of ether oxygens (including phenoxy) is 2. The van der Waals surface area contributed by atoms with Crippen LogP contribution in [0.2, 0.25) is 0 Å². The van der Waals surface area contributed by atoms with Gasteiger partial charge in [-0.05, 0) is 84.1 Å². The van der Waals surface area contributed by atoms with E-state index in [1.807, 2.05) is 58.1 Å². The van der Waals surface area contributed by atoms with Gasteiger partial charge >= 0.3 is 5.97 Å². The number of fused-ring (bicyclic) bond motifs is 2. The van der Waals surface area contributed by atoms with Crippen LogP contribution in [0.15, 0.2) is 107 Å². The van der Waals surface area contributed by atoms with Crippen LogP contribution in [0.3, 0.4) is 0 Å². The quantitative estimate of drug-likeness (QED) is 0.0280. The van der Waals surface area contributed by atoms with Gasteiger partial charge in [-0.2, -0.15) is 16.8 Å². The van der Waals surface area contributed by atoms with Crippen molar-refractivity contribution in [1.29, 1.82) is 0 Å². The Morgan fingerprint density at radius 3 is 2.05 bits per heavy atom. The molecule has 3 aliphatic rings. The first kappa shape index (κ1) is 49.7. The van der Waals surface area contributed by atoms with Gasteiger partial charge in [0.25, 0.3) is 37.7 Å². The van der Waals surface area contributed by atoms with Crippen molar-refractivity contribution in [3.8, 4) is 0 Å². The summed E-state index contributed by atoms with van der Waals surface area (Å²) in [6.07, 6.45) is 11.2. The number of non-ortho nitro benzene ring substituents is 1. The van der Waals surface area contributed by atoms with Crippen LogP contribution in [0, 0.1) is 10.1 Å². The van der Waals surface area contributed by atoms with Gasteiger partial charge in [0, 0.05) is 72.4 Å². The van der Waals surface area contributed by atoms with E-state index in [4.69, 9.17) is 14.3 Å². The maximum atomic E-state index is 12.4. The summed E-state index contributed by atoms with van der Waals surface area (Å²) in [5, 5.41) is 11.5. The summed E-state index contributed by atoms with van der Waals surface area (Å²) in [5.74, 6) is -1.76. The lowest BCUT2D eigenvalue weighted by atomic mass is 9.80. The Balaban J connectivity index is 1.14. The molecule has 18 nitrogen and oxygen atoms in total. The first-order chi connectivity index (χ1) is 31.1. The number of hydrogen-bond acceptors (Lipinski definition) is 14. The third-order valence-corrected chi connectivity index (χ3v) is 13.7. The fourth-order valence-corrected chi connectivity index (χ4v) is 9.50. The number of nitro groups is 1. The molecule has 3 heterocycles. The maximum Gasteiger partial charge on any atom is 0.333 e. The average Bonchev–Trinajstić information content (AvgIpc) is 3.76. The molecule has 1 saturated heterocycles. The van der Waals surface area contributed by atoms with E-state index >= 15 is 0 Å². The number of amides is 2. The molecule has 20 heteroatoms. The molecule has 6 rings (SSSR count). The molecule has 0 radical (unpaired) electrons. The monoisotopic (exact) mass is 950 g/mol. The summed E-state index contributed by atoms with van der Waals surface area (Å²) in [6.45, 7) is 9.94. The van der Waals surface area contributed by atoms with Crippen LogP contribution >= 0.6 is 0 Å². The number of hydroxylamine groups is 2. The highest BCUT2D eigenvalue weighted by Gasteiger charge is 2.44. The Kier molecular flexibility index (Phi) is 15.3. The van der Waals surface area contributed by atoms with Crippen molar-refractivity contribution in [2.45, 2.75) is 99.5 Å². The second-order valence-corrected chi connectivity index (χ2v) is 20.1. The van der Waals surface area contributed by atoms with Gasteiger partial charge in [-0.25, -0.2) is 4.79 Å². The molecule has 3 aromatic carbocycles. The van der Waals surface area contributed by atoms with E-state index in [-0.39, 0.29) is 60.6 Å². The van der Waals surface area contributed by atoms with E-state index in [1.54, 1.807) is 24.3 Å². The molecular weight excluding hydrogens is 897 g/mol. The highest BCUT2D eigenvalue weighted by atomic mass is 32.2. The molecule has 3 aromatic rings. The van der Waals surface area contributed by atoms with Gasteiger partial charge in [0.15, 0.2) is 0 Å². The minimum atomic E-state index is -4.48. The molecule has 1 unspecified atom stereocenters. The number of imide groups is 1. The number of benzene rings is 3. The first-order valence-corrected chi connectivity index (χ1v) is 24.3. The topological polar surface area (TPSA) is 240 Å². The number of nitro benzene ring substituents is 1. The Hall–Kier alpha value is -5.77. The largest absolute Gasteiger partial charge is 0.377 e. The van der Waals surface area contributed by atoms with E-state index in [0.717, 1.165) is 28.2 Å². The van der Waals surface area contributed by atoms with Gasteiger partial charge in [-0.3, -0.25) is 28.8 Å². The average molecular weight is 951 g/mol. The molecule has 354 valence electrons.